The molecule has 0 radical (unpaired) electrons. The molecule has 0 aliphatic rings. The van der Waals surface area contributed by atoms with Crippen molar-refractivity contribution < 1.29 is 4.92 Å². The van der Waals surface area contributed by atoms with Gasteiger partial charge in [-0.1, -0.05) is 29.3 Å². The first-order valence-corrected chi connectivity index (χ1v) is 6.44. The Bertz CT molecular complexity index is 396. The number of hydrogen-bond donors (Lipinski definition) is 0. The molecule has 0 N–H and O–H groups in total. The number of alkyl halides is 1. The van der Waals surface area contributed by atoms with Gasteiger partial charge in [0.15, 0.2) is 0 Å². The zero-order valence-electron chi connectivity index (χ0n) is 9.00. The fraction of sp³-hybridized carbons (Fsp3) is 0.455. The molecule has 0 fully saturated rings. The minimum absolute atomic E-state index is 0.0859. The molecule has 3 nitrogen and oxygen atoms in total. The highest BCUT2D eigenvalue weighted by atomic mass is 79.9. The van der Waals surface area contributed by atoms with Gasteiger partial charge in [-0.3, -0.25) is 10.1 Å². The summed E-state index contributed by atoms with van der Waals surface area (Å²) >= 11 is 9.19. The number of nitro groups is 1. The number of rotatable bonds is 5. The minimum Gasteiger partial charge on any atom is -0.258 e. The Labute approximate surface area is 108 Å². The van der Waals surface area contributed by atoms with Crippen molar-refractivity contribution in [2.75, 3.05) is 0 Å². The fourth-order valence-electron chi connectivity index (χ4n) is 1.54. The topological polar surface area (TPSA) is 43.1 Å². The molecular formula is C11H13BrClNO2. The molecule has 1 rings (SSSR count). The third-order valence-electron chi connectivity index (χ3n) is 2.41. The Morgan fingerprint density at radius 2 is 2.19 bits per heavy atom. The molecule has 0 aromatic heterocycles. The molecule has 1 aromatic carbocycles. The summed E-state index contributed by atoms with van der Waals surface area (Å²) in [6, 6.07) is 3.10. The zero-order valence-corrected chi connectivity index (χ0v) is 11.3. The molecule has 0 aliphatic carbocycles. The van der Waals surface area contributed by atoms with Crippen LogP contribution in [0.2, 0.25) is 0 Å². The molecule has 0 saturated carbocycles. The summed E-state index contributed by atoms with van der Waals surface area (Å²) < 4.78 is 0.783. The summed E-state index contributed by atoms with van der Waals surface area (Å²) in [5.74, 6) is 0.305. The SMILES string of the molecule is CCCCc1c(Br)cc([N+](=O)[O-])cc1CCl. The van der Waals surface area contributed by atoms with Crippen LogP contribution in [0.1, 0.15) is 30.9 Å². The number of non-ortho nitro benzene ring substituents is 1. The number of halogens is 2. The summed E-state index contributed by atoms with van der Waals surface area (Å²) in [5, 5.41) is 10.7. The van der Waals surface area contributed by atoms with Gasteiger partial charge in [-0.05, 0) is 24.0 Å². The lowest BCUT2D eigenvalue weighted by molar-refractivity contribution is -0.385. The van der Waals surface area contributed by atoms with Crippen LogP contribution in [0.4, 0.5) is 5.69 Å². The van der Waals surface area contributed by atoms with E-state index in [1.807, 2.05) is 0 Å². The van der Waals surface area contributed by atoms with Crippen LogP contribution in [-0.2, 0) is 12.3 Å². The summed E-state index contributed by atoms with van der Waals surface area (Å²) in [4.78, 5) is 10.3. The third kappa shape index (κ3) is 3.19. The second kappa shape index (κ2) is 6.21. The van der Waals surface area contributed by atoms with E-state index in [1.54, 1.807) is 12.1 Å². The average Bonchev–Trinajstić information content (AvgIpc) is 2.26. The van der Waals surface area contributed by atoms with Crippen molar-refractivity contribution in [1.82, 2.24) is 0 Å². The maximum absolute atomic E-state index is 10.7. The lowest BCUT2D eigenvalue weighted by Gasteiger charge is -2.09. The van der Waals surface area contributed by atoms with Gasteiger partial charge in [-0.15, -0.1) is 11.6 Å². The van der Waals surface area contributed by atoms with E-state index in [2.05, 4.69) is 22.9 Å². The molecule has 5 heteroatoms. The molecule has 0 amide bonds. The third-order valence-corrected chi connectivity index (χ3v) is 3.40. The van der Waals surface area contributed by atoms with Gasteiger partial charge in [0.25, 0.3) is 5.69 Å². The van der Waals surface area contributed by atoms with Gasteiger partial charge in [0.05, 0.1) is 4.92 Å². The summed E-state index contributed by atoms with van der Waals surface area (Å²) in [7, 11) is 0. The molecule has 0 unspecified atom stereocenters. The van der Waals surface area contributed by atoms with Gasteiger partial charge in [0.2, 0.25) is 0 Å². The summed E-state index contributed by atoms with van der Waals surface area (Å²) in [6.07, 6.45) is 3.04. The van der Waals surface area contributed by atoms with Crippen molar-refractivity contribution in [3.63, 3.8) is 0 Å². The molecule has 0 aliphatic heterocycles. The number of hydrogen-bond acceptors (Lipinski definition) is 2. The second-order valence-electron chi connectivity index (χ2n) is 3.56. The first-order chi connectivity index (χ1) is 7.60. The maximum Gasteiger partial charge on any atom is 0.270 e. The monoisotopic (exact) mass is 305 g/mol. The Morgan fingerprint density at radius 1 is 1.50 bits per heavy atom. The van der Waals surface area contributed by atoms with Crippen LogP contribution < -0.4 is 0 Å². The summed E-state index contributed by atoms with van der Waals surface area (Å²) in [5.41, 5.74) is 2.02. The average molecular weight is 307 g/mol. The normalized spacial score (nSPS) is 10.4. The van der Waals surface area contributed by atoms with Crippen LogP contribution >= 0.6 is 27.5 Å². The first-order valence-electron chi connectivity index (χ1n) is 5.11. The van der Waals surface area contributed by atoms with E-state index in [-0.39, 0.29) is 5.69 Å². The smallest absolute Gasteiger partial charge is 0.258 e. The Balaban J connectivity index is 3.12. The van der Waals surface area contributed by atoms with E-state index >= 15 is 0 Å². The second-order valence-corrected chi connectivity index (χ2v) is 4.68. The van der Waals surface area contributed by atoms with Gasteiger partial charge in [0, 0.05) is 22.5 Å². The van der Waals surface area contributed by atoms with Crippen LogP contribution in [0.15, 0.2) is 16.6 Å². The van der Waals surface area contributed by atoms with Gasteiger partial charge >= 0.3 is 0 Å². The molecule has 0 heterocycles. The van der Waals surface area contributed by atoms with E-state index in [9.17, 15) is 10.1 Å². The highest BCUT2D eigenvalue weighted by Crippen LogP contribution is 2.29. The van der Waals surface area contributed by atoms with Gasteiger partial charge < -0.3 is 0 Å². The van der Waals surface area contributed by atoms with E-state index in [0.717, 1.165) is 34.9 Å². The predicted octanol–water partition coefficient (Wildman–Crippen LogP) is 4.44. The molecule has 16 heavy (non-hydrogen) atoms. The Kier molecular flexibility index (Phi) is 5.22. The largest absolute Gasteiger partial charge is 0.270 e. The van der Waals surface area contributed by atoms with Crippen molar-refractivity contribution in [1.29, 1.82) is 0 Å². The van der Waals surface area contributed by atoms with Crippen LogP contribution in [0.3, 0.4) is 0 Å². The molecule has 0 saturated heterocycles. The first kappa shape index (κ1) is 13.5. The molecule has 0 bridgehead atoms. The Morgan fingerprint density at radius 3 is 2.69 bits per heavy atom. The lowest BCUT2D eigenvalue weighted by atomic mass is 10.0. The van der Waals surface area contributed by atoms with Crippen LogP contribution in [0.25, 0.3) is 0 Å². The lowest BCUT2D eigenvalue weighted by Crippen LogP contribution is -1.97. The van der Waals surface area contributed by atoms with E-state index in [1.165, 1.54) is 0 Å². The predicted molar refractivity (Wildman–Crippen MR) is 69.0 cm³/mol. The standard InChI is InChI=1S/C11H13BrClNO2/c1-2-3-4-10-8(7-13)5-9(14(15)16)6-11(10)12/h5-6H,2-4,7H2,1H3. The Hall–Kier alpha value is -0.610. The van der Waals surface area contributed by atoms with Gasteiger partial charge in [0.1, 0.15) is 0 Å². The number of unbranched alkanes of at least 4 members (excludes halogenated alkanes) is 1. The van der Waals surface area contributed by atoms with E-state index in [0.29, 0.717) is 5.88 Å². The molecular weight excluding hydrogens is 293 g/mol. The van der Waals surface area contributed by atoms with Crippen molar-refractivity contribution in [3.05, 3.63) is 37.8 Å². The van der Waals surface area contributed by atoms with E-state index < -0.39 is 4.92 Å². The minimum atomic E-state index is -0.398. The molecule has 1 aromatic rings. The fourth-order valence-corrected chi connectivity index (χ4v) is 2.46. The highest BCUT2D eigenvalue weighted by molar-refractivity contribution is 9.10. The zero-order chi connectivity index (χ0) is 12.1. The number of nitrogens with zero attached hydrogens (tertiary/aromatic N) is 1. The van der Waals surface area contributed by atoms with Crippen LogP contribution in [-0.4, -0.2) is 4.92 Å². The van der Waals surface area contributed by atoms with Crippen molar-refractivity contribution in [2.24, 2.45) is 0 Å². The van der Waals surface area contributed by atoms with Gasteiger partial charge in [-0.2, -0.15) is 0 Å². The number of benzene rings is 1. The maximum atomic E-state index is 10.7. The molecule has 88 valence electrons. The highest BCUT2D eigenvalue weighted by Gasteiger charge is 2.14. The van der Waals surface area contributed by atoms with Crippen LogP contribution in [0, 0.1) is 10.1 Å². The van der Waals surface area contributed by atoms with Crippen molar-refractivity contribution >= 4 is 33.2 Å². The van der Waals surface area contributed by atoms with Gasteiger partial charge in [-0.25, -0.2) is 0 Å². The summed E-state index contributed by atoms with van der Waals surface area (Å²) in [6.45, 7) is 2.11. The number of nitro benzene ring substituents is 1. The molecule has 0 spiro atoms. The van der Waals surface area contributed by atoms with Crippen molar-refractivity contribution in [2.45, 2.75) is 32.1 Å². The molecule has 0 atom stereocenters. The van der Waals surface area contributed by atoms with Crippen LogP contribution in [0.5, 0.6) is 0 Å². The quantitative estimate of drug-likeness (QED) is 0.458. The van der Waals surface area contributed by atoms with E-state index in [4.69, 9.17) is 11.6 Å². The van der Waals surface area contributed by atoms with Crippen molar-refractivity contribution in [3.8, 4) is 0 Å².